The van der Waals surface area contributed by atoms with Gasteiger partial charge in [-0.05, 0) is 50.6 Å². The number of halogens is 1. The molecule has 0 aliphatic carbocycles. The van der Waals surface area contributed by atoms with Crippen molar-refractivity contribution in [1.29, 1.82) is 0 Å². The van der Waals surface area contributed by atoms with Gasteiger partial charge in [0, 0.05) is 31.2 Å². The van der Waals surface area contributed by atoms with Gasteiger partial charge in [-0.25, -0.2) is 8.42 Å². The van der Waals surface area contributed by atoms with E-state index < -0.39 is 10.0 Å². The Morgan fingerprint density at radius 3 is 2.48 bits per heavy atom. The zero-order chi connectivity index (χ0) is 17.6. The van der Waals surface area contributed by atoms with Crippen LogP contribution in [-0.4, -0.2) is 50.9 Å². The summed E-state index contributed by atoms with van der Waals surface area (Å²) in [6.45, 7) is 6.63. The van der Waals surface area contributed by atoms with Crippen LogP contribution in [0, 0.1) is 0 Å². The van der Waals surface area contributed by atoms with Gasteiger partial charge in [-0.2, -0.15) is 4.31 Å². The molecule has 0 radical (unpaired) electrons. The van der Waals surface area contributed by atoms with Gasteiger partial charge in [-0.15, -0.1) is 12.4 Å². The first kappa shape index (κ1) is 21.9. The van der Waals surface area contributed by atoms with Gasteiger partial charge in [-0.1, -0.05) is 13.3 Å². The average molecular weight is 390 g/mol. The number of carbonyl (C=O) groups is 1. The molecule has 1 aliphatic rings. The summed E-state index contributed by atoms with van der Waals surface area (Å²) in [6, 6.07) is 6.22. The van der Waals surface area contributed by atoms with Crippen molar-refractivity contribution in [2.24, 2.45) is 0 Å². The molecule has 1 aliphatic heterocycles. The largest absolute Gasteiger partial charge is 0.351 e. The molecule has 0 bridgehead atoms. The molecule has 0 spiro atoms. The van der Waals surface area contributed by atoms with E-state index in [1.807, 2.05) is 13.8 Å². The Bertz CT molecular complexity index is 650. The lowest BCUT2D eigenvalue weighted by atomic mass is 10.1. The topological polar surface area (TPSA) is 78.5 Å². The van der Waals surface area contributed by atoms with E-state index in [0.717, 1.165) is 25.8 Å². The number of amides is 1. The lowest BCUT2D eigenvalue weighted by molar-refractivity contribution is 0.0954. The Morgan fingerprint density at radius 2 is 1.88 bits per heavy atom. The SMILES string of the molecule is CCNCCNC(=O)c1ccc(S(=O)(=O)N2CCCCC2C)cc1.Cl. The maximum atomic E-state index is 12.7. The molecule has 1 unspecified atom stereocenters. The van der Waals surface area contributed by atoms with Gasteiger partial charge in [0.1, 0.15) is 0 Å². The van der Waals surface area contributed by atoms with Crippen molar-refractivity contribution in [2.75, 3.05) is 26.2 Å². The highest BCUT2D eigenvalue weighted by atomic mass is 35.5. The van der Waals surface area contributed by atoms with E-state index in [2.05, 4.69) is 10.6 Å². The summed E-state index contributed by atoms with van der Waals surface area (Å²) >= 11 is 0. The van der Waals surface area contributed by atoms with Crippen LogP contribution in [0.15, 0.2) is 29.2 Å². The van der Waals surface area contributed by atoms with Crippen LogP contribution in [0.5, 0.6) is 0 Å². The fourth-order valence-corrected chi connectivity index (χ4v) is 4.59. The summed E-state index contributed by atoms with van der Waals surface area (Å²) in [4.78, 5) is 12.3. The molecule has 1 aromatic rings. The highest BCUT2D eigenvalue weighted by molar-refractivity contribution is 7.89. The lowest BCUT2D eigenvalue weighted by Gasteiger charge is -2.32. The quantitative estimate of drug-likeness (QED) is 0.699. The van der Waals surface area contributed by atoms with E-state index in [1.165, 1.54) is 12.1 Å². The van der Waals surface area contributed by atoms with Crippen LogP contribution in [0.3, 0.4) is 0 Å². The van der Waals surface area contributed by atoms with Gasteiger partial charge in [0.25, 0.3) is 5.91 Å². The lowest BCUT2D eigenvalue weighted by Crippen LogP contribution is -2.41. The third kappa shape index (κ3) is 5.67. The van der Waals surface area contributed by atoms with Gasteiger partial charge in [0.15, 0.2) is 0 Å². The smallest absolute Gasteiger partial charge is 0.251 e. The van der Waals surface area contributed by atoms with E-state index >= 15 is 0 Å². The van der Waals surface area contributed by atoms with E-state index in [0.29, 0.717) is 25.2 Å². The Balaban J connectivity index is 0.00000312. The Hall–Kier alpha value is -1.15. The van der Waals surface area contributed by atoms with Crippen LogP contribution < -0.4 is 10.6 Å². The summed E-state index contributed by atoms with van der Waals surface area (Å²) in [6.07, 6.45) is 2.86. The second kappa shape index (κ2) is 10.1. The van der Waals surface area contributed by atoms with Gasteiger partial charge < -0.3 is 10.6 Å². The number of hydrogen-bond donors (Lipinski definition) is 2. The number of piperidine rings is 1. The van der Waals surface area contributed by atoms with Gasteiger partial charge in [0.05, 0.1) is 4.90 Å². The van der Waals surface area contributed by atoms with Gasteiger partial charge >= 0.3 is 0 Å². The van der Waals surface area contributed by atoms with Crippen LogP contribution in [0.2, 0.25) is 0 Å². The first-order valence-corrected chi connectivity index (χ1v) is 10.0. The molecule has 142 valence electrons. The van der Waals surface area contributed by atoms with Crippen LogP contribution in [0.25, 0.3) is 0 Å². The molecule has 1 fully saturated rings. The maximum Gasteiger partial charge on any atom is 0.251 e. The molecule has 0 aromatic heterocycles. The summed E-state index contributed by atoms with van der Waals surface area (Å²) in [7, 11) is -3.49. The van der Waals surface area contributed by atoms with Crippen LogP contribution in [0.1, 0.15) is 43.5 Å². The minimum atomic E-state index is -3.49. The summed E-state index contributed by atoms with van der Waals surface area (Å²) in [5.41, 5.74) is 0.470. The number of benzene rings is 1. The number of sulfonamides is 1. The first-order chi connectivity index (χ1) is 11.5. The van der Waals surface area contributed by atoms with E-state index in [9.17, 15) is 13.2 Å². The number of carbonyl (C=O) groups excluding carboxylic acids is 1. The fourth-order valence-electron chi connectivity index (χ4n) is 2.89. The highest BCUT2D eigenvalue weighted by Crippen LogP contribution is 2.25. The molecule has 2 N–H and O–H groups in total. The predicted molar refractivity (Wildman–Crippen MR) is 102 cm³/mol. The number of rotatable bonds is 7. The molecule has 6 nitrogen and oxygen atoms in total. The summed E-state index contributed by atoms with van der Waals surface area (Å²) < 4.78 is 27.1. The van der Waals surface area contributed by atoms with Crippen molar-refractivity contribution < 1.29 is 13.2 Å². The molecular weight excluding hydrogens is 362 g/mol. The standard InChI is InChI=1S/C17H27N3O3S.ClH/c1-3-18-11-12-19-17(21)15-7-9-16(10-8-15)24(22,23)20-13-5-4-6-14(20)2;/h7-10,14,18H,3-6,11-13H2,1-2H3,(H,19,21);1H. The Labute approximate surface area is 156 Å². The van der Waals surface area contributed by atoms with Gasteiger partial charge in [0.2, 0.25) is 10.0 Å². The first-order valence-electron chi connectivity index (χ1n) is 8.57. The summed E-state index contributed by atoms with van der Waals surface area (Å²) in [5, 5.41) is 5.93. The minimum Gasteiger partial charge on any atom is -0.351 e. The van der Waals surface area contributed by atoms with E-state index in [4.69, 9.17) is 0 Å². The zero-order valence-electron chi connectivity index (χ0n) is 14.8. The molecule has 25 heavy (non-hydrogen) atoms. The normalized spacial score (nSPS) is 18.4. The van der Waals surface area contributed by atoms with Crippen molar-refractivity contribution in [3.05, 3.63) is 29.8 Å². The number of nitrogens with zero attached hydrogens (tertiary/aromatic N) is 1. The molecule has 1 amide bonds. The van der Waals surface area contributed by atoms with Crippen molar-refractivity contribution in [1.82, 2.24) is 14.9 Å². The van der Waals surface area contributed by atoms with Crippen molar-refractivity contribution >= 4 is 28.3 Å². The number of likely N-dealkylation sites (N-methyl/N-ethyl adjacent to an activating group) is 1. The molecule has 8 heteroatoms. The second-order valence-electron chi connectivity index (χ2n) is 6.09. The van der Waals surface area contributed by atoms with E-state index in [-0.39, 0.29) is 29.3 Å². The molecule has 1 heterocycles. The Morgan fingerprint density at radius 1 is 1.20 bits per heavy atom. The molecular formula is C17H28ClN3O3S. The fraction of sp³-hybridized carbons (Fsp3) is 0.588. The molecule has 1 aromatic carbocycles. The third-order valence-corrected chi connectivity index (χ3v) is 6.33. The van der Waals surface area contributed by atoms with Crippen molar-refractivity contribution in [3.63, 3.8) is 0 Å². The second-order valence-corrected chi connectivity index (χ2v) is 7.98. The minimum absolute atomic E-state index is 0. The van der Waals surface area contributed by atoms with Crippen molar-refractivity contribution in [2.45, 2.75) is 44.0 Å². The monoisotopic (exact) mass is 389 g/mol. The molecule has 2 rings (SSSR count). The zero-order valence-corrected chi connectivity index (χ0v) is 16.5. The van der Waals surface area contributed by atoms with Crippen molar-refractivity contribution in [3.8, 4) is 0 Å². The van der Waals surface area contributed by atoms with Crippen LogP contribution >= 0.6 is 12.4 Å². The average Bonchev–Trinajstić information content (AvgIpc) is 2.59. The number of hydrogen-bond acceptors (Lipinski definition) is 4. The highest BCUT2D eigenvalue weighted by Gasteiger charge is 2.30. The van der Waals surface area contributed by atoms with E-state index in [1.54, 1.807) is 16.4 Å². The molecule has 1 saturated heterocycles. The predicted octanol–water partition coefficient (Wildman–Crippen LogP) is 2.01. The maximum absolute atomic E-state index is 12.7. The molecule has 0 saturated carbocycles. The van der Waals surface area contributed by atoms with Crippen LogP contribution in [0.4, 0.5) is 0 Å². The van der Waals surface area contributed by atoms with Crippen LogP contribution in [-0.2, 0) is 10.0 Å². The van der Waals surface area contributed by atoms with Gasteiger partial charge in [-0.3, -0.25) is 4.79 Å². The summed E-state index contributed by atoms with van der Waals surface area (Å²) in [5.74, 6) is -0.191. The Kier molecular flexibility index (Phi) is 8.85. The molecule has 1 atom stereocenters. The third-order valence-electron chi connectivity index (χ3n) is 4.30. The number of nitrogens with one attached hydrogen (secondary N) is 2.